The Labute approximate surface area is 68.3 Å². The van der Waals surface area contributed by atoms with Crippen molar-refractivity contribution in [2.75, 3.05) is 13.2 Å². The Hall–Kier alpha value is -0.0800. The molecule has 2 rings (SSSR count). The van der Waals surface area contributed by atoms with Gasteiger partial charge in [0.15, 0.2) is 0 Å². The van der Waals surface area contributed by atoms with Crippen molar-refractivity contribution in [3.05, 3.63) is 0 Å². The first-order valence-electron chi connectivity index (χ1n) is 4.57. The molecule has 0 aromatic rings. The van der Waals surface area contributed by atoms with E-state index in [2.05, 4.69) is 19.2 Å². The van der Waals surface area contributed by atoms with Crippen molar-refractivity contribution in [2.45, 2.75) is 38.3 Å². The van der Waals surface area contributed by atoms with E-state index in [1.807, 2.05) is 0 Å². The van der Waals surface area contributed by atoms with E-state index in [4.69, 9.17) is 4.74 Å². The SMILES string of the molecule is CC1CC2(COC(C)CN2)C1. The lowest BCUT2D eigenvalue weighted by Gasteiger charge is -2.50. The molecule has 2 fully saturated rings. The summed E-state index contributed by atoms with van der Waals surface area (Å²) in [5.74, 6) is 0.902. The van der Waals surface area contributed by atoms with E-state index in [0.717, 1.165) is 19.1 Å². The fraction of sp³-hybridized carbons (Fsp3) is 1.00. The topological polar surface area (TPSA) is 21.3 Å². The second-order valence-electron chi connectivity index (χ2n) is 4.30. The van der Waals surface area contributed by atoms with Gasteiger partial charge in [-0.05, 0) is 25.7 Å². The lowest BCUT2D eigenvalue weighted by Crippen LogP contribution is -2.62. The molecule has 2 heteroatoms. The maximum absolute atomic E-state index is 5.62. The predicted octanol–water partition coefficient (Wildman–Crippen LogP) is 1.16. The normalized spacial score (nSPS) is 50.7. The van der Waals surface area contributed by atoms with Crippen LogP contribution in [0, 0.1) is 5.92 Å². The summed E-state index contributed by atoms with van der Waals surface area (Å²) in [6.45, 7) is 6.40. The summed E-state index contributed by atoms with van der Waals surface area (Å²) in [4.78, 5) is 0. The summed E-state index contributed by atoms with van der Waals surface area (Å²) in [6, 6.07) is 0. The number of ether oxygens (including phenoxy) is 1. The molecule has 1 N–H and O–H groups in total. The molecule has 0 bridgehead atoms. The Morgan fingerprint density at radius 2 is 2.09 bits per heavy atom. The van der Waals surface area contributed by atoms with Crippen molar-refractivity contribution in [3.63, 3.8) is 0 Å². The zero-order valence-electron chi connectivity index (χ0n) is 7.39. The molecule has 1 spiro atoms. The minimum absolute atomic E-state index is 0.381. The number of nitrogens with one attached hydrogen (secondary N) is 1. The van der Waals surface area contributed by atoms with Gasteiger partial charge in [0.05, 0.1) is 12.7 Å². The van der Waals surface area contributed by atoms with E-state index >= 15 is 0 Å². The first-order chi connectivity index (χ1) is 5.20. The van der Waals surface area contributed by atoms with Crippen molar-refractivity contribution < 1.29 is 4.74 Å². The maximum Gasteiger partial charge on any atom is 0.0672 e. The summed E-state index contributed by atoms with van der Waals surface area (Å²) < 4.78 is 5.62. The monoisotopic (exact) mass is 155 g/mol. The van der Waals surface area contributed by atoms with Crippen LogP contribution in [0.4, 0.5) is 0 Å². The highest BCUT2D eigenvalue weighted by molar-refractivity contribution is 5.01. The van der Waals surface area contributed by atoms with Gasteiger partial charge in [-0.3, -0.25) is 0 Å². The zero-order valence-corrected chi connectivity index (χ0v) is 7.39. The first kappa shape index (κ1) is 7.56. The molecule has 1 aliphatic carbocycles. The van der Waals surface area contributed by atoms with E-state index in [-0.39, 0.29) is 0 Å². The molecule has 0 aromatic carbocycles. The van der Waals surface area contributed by atoms with Crippen LogP contribution < -0.4 is 5.32 Å². The largest absolute Gasteiger partial charge is 0.375 e. The summed E-state index contributed by atoms with van der Waals surface area (Å²) in [6.07, 6.45) is 3.02. The molecule has 1 heterocycles. The fourth-order valence-corrected chi connectivity index (χ4v) is 2.31. The lowest BCUT2D eigenvalue weighted by molar-refractivity contribution is -0.0692. The quantitative estimate of drug-likeness (QED) is 0.567. The standard InChI is InChI=1S/C9H17NO/c1-7-3-9(4-7)6-11-8(2)5-10-9/h7-8,10H,3-6H2,1-2H3. The Bertz CT molecular complexity index is 142. The van der Waals surface area contributed by atoms with E-state index < -0.39 is 0 Å². The minimum atomic E-state index is 0.381. The van der Waals surface area contributed by atoms with Gasteiger partial charge in [0.1, 0.15) is 0 Å². The molecular formula is C9H17NO. The third kappa shape index (κ3) is 1.30. The molecule has 64 valence electrons. The molecule has 1 saturated heterocycles. The van der Waals surface area contributed by atoms with Crippen LogP contribution in [0.25, 0.3) is 0 Å². The van der Waals surface area contributed by atoms with Crippen LogP contribution >= 0.6 is 0 Å². The van der Waals surface area contributed by atoms with Crippen LogP contribution in [0.5, 0.6) is 0 Å². The van der Waals surface area contributed by atoms with Gasteiger partial charge in [0, 0.05) is 12.1 Å². The van der Waals surface area contributed by atoms with E-state index in [1.54, 1.807) is 0 Å². The maximum atomic E-state index is 5.62. The Balaban J connectivity index is 1.88. The highest BCUT2D eigenvalue weighted by atomic mass is 16.5. The summed E-state index contributed by atoms with van der Waals surface area (Å²) >= 11 is 0. The highest BCUT2D eigenvalue weighted by Crippen LogP contribution is 2.39. The second-order valence-corrected chi connectivity index (χ2v) is 4.30. The molecule has 2 aliphatic rings. The van der Waals surface area contributed by atoms with Gasteiger partial charge in [-0.1, -0.05) is 6.92 Å². The van der Waals surface area contributed by atoms with Crippen molar-refractivity contribution >= 4 is 0 Å². The van der Waals surface area contributed by atoms with Crippen LogP contribution in [-0.2, 0) is 4.74 Å². The average molecular weight is 155 g/mol. The predicted molar refractivity (Wildman–Crippen MR) is 44.5 cm³/mol. The van der Waals surface area contributed by atoms with Crippen molar-refractivity contribution in [3.8, 4) is 0 Å². The average Bonchev–Trinajstić information content (AvgIpc) is 1.92. The summed E-state index contributed by atoms with van der Waals surface area (Å²) in [5, 5.41) is 3.59. The van der Waals surface area contributed by atoms with Gasteiger partial charge in [-0.25, -0.2) is 0 Å². The molecule has 0 amide bonds. The third-order valence-corrected chi connectivity index (χ3v) is 2.89. The van der Waals surface area contributed by atoms with Crippen molar-refractivity contribution in [1.29, 1.82) is 0 Å². The van der Waals surface area contributed by atoms with Gasteiger partial charge < -0.3 is 10.1 Å². The third-order valence-electron chi connectivity index (χ3n) is 2.89. The fourth-order valence-electron chi connectivity index (χ4n) is 2.31. The molecule has 1 unspecified atom stereocenters. The second kappa shape index (κ2) is 2.46. The van der Waals surface area contributed by atoms with Crippen LogP contribution in [0.2, 0.25) is 0 Å². The molecule has 1 atom stereocenters. The van der Waals surface area contributed by atoms with Gasteiger partial charge in [-0.15, -0.1) is 0 Å². The number of hydrogen-bond acceptors (Lipinski definition) is 2. The number of rotatable bonds is 0. The van der Waals surface area contributed by atoms with Gasteiger partial charge in [0.25, 0.3) is 0 Å². The molecule has 1 aliphatic heterocycles. The Morgan fingerprint density at radius 3 is 2.55 bits per heavy atom. The minimum Gasteiger partial charge on any atom is -0.375 e. The smallest absolute Gasteiger partial charge is 0.0672 e. The van der Waals surface area contributed by atoms with Crippen LogP contribution in [0.15, 0.2) is 0 Å². The molecule has 11 heavy (non-hydrogen) atoms. The lowest BCUT2D eigenvalue weighted by atomic mass is 9.69. The first-order valence-corrected chi connectivity index (χ1v) is 4.57. The van der Waals surface area contributed by atoms with Crippen LogP contribution in [0.3, 0.4) is 0 Å². The van der Waals surface area contributed by atoms with Crippen molar-refractivity contribution in [2.24, 2.45) is 5.92 Å². The molecule has 0 radical (unpaired) electrons. The van der Waals surface area contributed by atoms with Crippen LogP contribution in [0.1, 0.15) is 26.7 Å². The van der Waals surface area contributed by atoms with Gasteiger partial charge in [-0.2, -0.15) is 0 Å². The van der Waals surface area contributed by atoms with E-state index in [0.29, 0.717) is 11.6 Å². The number of hydrogen-bond donors (Lipinski definition) is 1. The highest BCUT2D eigenvalue weighted by Gasteiger charge is 2.44. The van der Waals surface area contributed by atoms with Crippen LogP contribution in [-0.4, -0.2) is 24.8 Å². The summed E-state index contributed by atoms with van der Waals surface area (Å²) in [7, 11) is 0. The zero-order chi connectivity index (χ0) is 7.90. The Morgan fingerprint density at radius 1 is 1.36 bits per heavy atom. The summed E-state index contributed by atoms with van der Waals surface area (Å²) in [5.41, 5.74) is 0.381. The molecule has 2 nitrogen and oxygen atoms in total. The number of morpholine rings is 1. The molecule has 1 saturated carbocycles. The van der Waals surface area contributed by atoms with Crippen molar-refractivity contribution in [1.82, 2.24) is 5.32 Å². The Kier molecular flexibility index (Phi) is 1.69. The van der Waals surface area contributed by atoms with E-state index in [1.165, 1.54) is 12.8 Å². The van der Waals surface area contributed by atoms with E-state index in [9.17, 15) is 0 Å². The van der Waals surface area contributed by atoms with Gasteiger partial charge in [0.2, 0.25) is 0 Å². The molecular weight excluding hydrogens is 138 g/mol. The molecule has 0 aromatic heterocycles. The van der Waals surface area contributed by atoms with Gasteiger partial charge >= 0.3 is 0 Å².